The van der Waals surface area contributed by atoms with Crippen LogP contribution in [0.25, 0.3) is 0 Å². The number of rotatable bonds is 1. The summed E-state index contributed by atoms with van der Waals surface area (Å²) in [6.07, 6.45) is -4.68. The van der Waals surface area contributed by atoms with E-state index >= 15 is 0 Å². The van der Waals surface area contributed by atoms with Crippen LogP contribution in [0.2, 0.25) is 0 Å². The van der Waals surface area contributed by atoms with Gasteiger partial charge >= 0.3 is 6.18 Å². The summed E-state index contributed by atoms with van der Waals surface area (Å²) >= 11 is 1.11. The molecule has 2 aromatic carbocycles. The Hall–Kier alpha value is -2.22. The highest BCUT2D eigenvalue weighted by molar-refractivity contribution is 7.99. The van der Waals surface area contributed by atoms with E-state index in [1.54, 1.807) is 6.07 Å². The van der Waals surface area contributed by atoms with Gasteiger partial charge in [-0.25, -0.2) is 0 Å². The van der Waals surface area contributed by atoms with Gasteiger partial charge < -0.3 is 5.32 Å². The van der Waals surface area contributed by atoms with Crippen LogP contribution in [0.5, 0.6) is 0 Å². The molecule has 0 amide bonds. The highest BCUT2D eigenvalue weighted by Crippen LogP contribution is 2.51. The second kappa shape index (κ2) is 5.16. The minimum Gasteiger partial charge on any atom is -0.353 e. The van der Waals surface area contributed by atoms with Crippen LogP contribution >= 0.6 is 11.8 Å². The summed E-state index contributed by atoms with van der Waals surface area (Å²) in [7, 11) is 0. The largest absolute Gasteiger partial charge is 0.418 e. The van der Waals surface area contributed by atoms with Gasteiger partial charge in [-0.1, -0.05) is 17.8 Å². The Morgan fingerprint density at radius 1 is 1.17 bits per heavy atom. The van der Waals surface area contributed by atoms with E-state index < -0.39 is 22.4 Å². The molecule has 1 aliphatic rings. The van der Waals surface area contributed by atoms with Gasteiger partial charge in [0.25, 0.3) is 5.69 Å². The molecule has 0 unspecified atom stereocenters. The van der Waals surface area contributed by atoms with E-state index in [2.05, 4.69) is 5.32 Å². The fourth-order valence-corrected chi connectivity index (χ4v) is 3.67. The SMILES string of the molecule is Cc1cc(C)c2c(c1)Nc1c(cc([N+](=O)[O-])cc1C(F)(F)F)S2. The summed E-state index contributed by atoms with van der Waals surface area (Å²) in [6, 6.07) is 5.42. The molecule has 23 heavy (non-hydrogen) atoms. The van der Waals surface area contributed by atoms with Crippen molar-refractivity contribution in [3.05, 3.63) is 51.1 Å². The molecule has 0 saturated carbocycles. The first kappa shape index (κ1) is 15.7. The van der Waals surface area contributed by atoms with Crippen LogP contribution in [0.4, 0.5) is 30.2 Å². The predicted octanol–water partition coefficient (Wildman–Crippen LogP) is 5.44. The van der Waals surface area contributed by atoms with Gasteiger partial charge in [-0.3, -0.25) is 10.1 Å². The van der Waals surface area contributed by atoms with Gasteiger partial charge in [-0.15, -0.1) is 0 Å². The molecule has 4 nitrogen and oxygen atoms in total. The lowest BCUT2D eigenvalue weighted by Gasteiger charge is -2.25. The Bertz CT molecular complexity index is 834. The fourth-order valence-electron chi connectivity index (χ4n) is 2.57. The third-order valence-corrected chi connectivity index (χ3v) is 4.78. The summed E-state index contributed by atoms with van der Waals surface area (Å²) in [5, 5.41) is 13.7. The average Bonchev–Trinajstić information content (AvgIpc) is 2.43. The lowest BCUT2D eigenvalue weighted by molar-refractivity contribution is -0.385. The Labute approximate surface area is 133 Å². The van der Waals surface area contributed by atoms with Crippen LogP contribution in [-0.2, 0) is 6.18 Å². The second-order valence-corrected chi connectivity index (χ2v) is 6.36. The number of anilines is 2. The molecule has 2 aromatic rings. The van der Waals surface area contributed by atoms with Gasteiger partial charge in [-0.05, 0) is 31.0 Å². The van der Waals surface area contributed by atoms with Crippen molar-refractivity contribution in [1.29, 1.82) is 0 Å². The van der Waals surface area contributed by atoms with E-state index in [0.717, 1.165) is 27.8 Å². The van der Waals surface area contributed by atoms with E-state index in [0.29, 0.717) is 11.8 Å². The van der Waals surface area contributed by atoms with Crippen LogP contribution in [0.3, 0.4) is 0 Å². The zero-order valence-corrected chi connectivity index (χ0v) is 12.9. The van der Waals surface area contributed by atoms with E-state index in [1.165, 1.54) is 6.07 Å². The summed E-state index contributed by atoms with van der Waals surface area (Å²) < 4.78 is 39.8. The lowest BCUT2D eigenvalue weighted by atomic mass is 10.1. The first-order valence-electron chi connectivity index (χ1n) is 6.62. The number of alkyl halides is 3. The summed E-state index contributed by atoms with van der Waals surface area (Å²) in [5.74, 6) is 0. The molecule has 0 aromatic heterocycles. The van der Waals surface area contributed by atoms with Gasteiger partial charge in [-0.2, -0.15) is 13.2 Å². The van der Waals surface area contributed by atoms with Crippen LogP contribution in [0, 0.1) is 24.0 Å². The number of hydrogen-bond acceptors (Lipinski definition) is 4. The average molecular weight is 340 g/mol. The van der Waals surface area contributed by atoms with E-state index in [9.17, 15) is 23.3 Å². The maximum absolute atomic E-state index is 13.3. The van der Waals surface area contributed by atoms with E-state index in [4.69, 9.17) is 0 Å². The van der Waals surface area contributed by atoms with Crippen molar-refractivity contribution in [3.63, 3.8) is 0 Å². The Morgan fingerprint density at radius 3 is 2.48 bits per heavy atom. The molecule has 1 N–H and O–H groups in total. The van der Waals surface area contributed by atoms with Gasteiger partial charge in [0.1, 0.15) is 0 Å². The number of nitro groups is 1. The molecular formula is C15H11F3N2O2S. The monoisotopic (exact) mass is 340 g/mol. The molecule has 0 bridgehead atoms. The lowest BCUT2D eigenvalue weighted by Crippen LogP contribution is -2.13. The number of fused-ring (bicyclic) bond motifs is 2. The minimum absolute atomic E-state index is 0.134. The Balaban J connectivity index is 2.23. The van der Waals surface area contributed by atoms with E-state index in [-0.39, 0.29) is 10.6 Å². The molecule has 0 saturated heterocycles. The number of nitrogens with zero attached hydrogens (tertiary/aromatic N) is 1. The van der Waals surface area contributed by atoms with E-state index in [1.807, 2.05) is 19.9 Å². The number of aryl methyl sites for hydroxylation is 2. The minimum atomic E-state index is -4.68. The van der Waals surface area contributed by atoms with Gasteiger partial charge in [0, 0.05) is 21.9 Å². The third-order valence-electron chi connectivity index (χ3n) is 3.49. The molecule has 3 rings (SSSR count). The van der Waals surface area contributed by atoms with Gasteiger partial charge in [0.15, 0.2) is 0 Å². The normalized spacial score (nSPS) is 13.1. The molecule has 0 atom stereocenters. The molecule has 0 spiro atoms. The van der Waals surface area contributed by atoms with Crippen molar-refractivity contribution in [2.24, 2.45) is 0 Å². The first-order chi connectivity index (χ1) is 10.7. The van der Waals surface area contributed by atoms with Crippen LogP contribution in [0.15, 0.2) is 34.1 Å². The van der Waals surface area contributed by atoms with Crippen molar-refractivity contribution in [1.82, 2.24) is 0 Å². The zero-order chi connectivity index (χ0) is 16.9. The predicted molar refractivity (Wildman–Crippen MR) is 81.4 cm³/mol. The van der Waals surface area contributed by atoms with Crippen molar-refractivity contribution in [2.45, 2.75) is 29.8 Å². The summed E-state index contributed by atoms with van der Waals surface area (Å²) in [4.78, 5) is 11.1. The molecule has 0 aliphatic carbocycles. The molecular weight excluding hydrogens is 329 g/mol. The Kier molecular flexibility index (Phi) is 3.51. The van der Waals surface area contributed by atoms with Crippen molar-refractivity contribution >= 4 is 28.8 Å². The number of hydrogen-bond donors (Lipinski definition) is 1. The topological polar surface area (TPSA) is 55.2 Å². The first-order valence-corrected chi connectivity index (χ1v) is 7.44. The highest BCUT2D eigenvalue weighted by Gasteiger charge is 2.38. The van der Waals surface area contributed by atoms with Crippen molar-refractivity contribution in [3.8, 4) is 0 Å². The smallest absolute Gasteiger partial charge is 0.353 e. The zero-order valence-electron chi connectivity index (χ0n) is 12.1. The molecule has 0 radical (unpaired) electrons. The fraction of sp³-hybridized carbons (Fsp3) is 0.200. The van der Waals surface area contributed by atoms with Gasteiger partial charge in [0.2, 0.25) is 0 Å². The van der Waals surface area contributed by atoms with Crippen molar-refractivity contribution in [2.75, 3.05) is 5.32 Å². The summed E-state index contributed by atoms with van der Waals surface area (Å²) in [6.45, 7) is 3.71. The number of nitrogens with one attached hydrogen (secondary N) is 1. The third kappa shape index (κ3) is 2.74. The van der Waals surface area contributed by atoms with Crippen LogP contribution in [0.1, 0.15) is 16.7 Å². The Morgan fingerprint density at radius 2 is 1.87 bits per heavy atom. The maximum Gasteiger partial charge on any atom is 0.418 e. The standard InChI is InChI=1S/C15H11F3N2O2S/c1-7-3-8(2)14-11(4-7)19-13-10(15(16,17)18)5-9(20(21)22)6-12(13)23-14/h3-6,19H,1-2H3. The van der Waals surface area contributed by atoms with Gasteiger partial charge in [0.05, 0.1) is 21.9 Å². The molecule has 0 fully saturated rings. The molecule has 8 heteroatoms. The van der Waals surface area contributed by atoms with Crippen molar-refractivity contribution < 1.29 is 18.1 Å². The highest BCUT2D eigenvalue weighted by atomic mass is 32.2. The van der Waals surface area contributed by atoms with Crippen LogP contribution in [-0.4, -0.2) is 4.92 Å². The summed E-state index contributed by atoms with van der Waals surface area (Å²) in [5.41, 5.74) is 0.680. The number of benzene rings is 2. The number of nitro benzene ring substituents is 1. The quantitative estimate of drug-likeness (QED) is 0.473. The van der Waals surface area contributed by atoms with Crippen LogP contribution < -0.4 is 5.32 Å². The maximum atomic E-state index is 13.3. The molecule has 1 aliphatic heterocycles. The molecule has 1 heterocycles. The number of non-ortho nitro benzene ring substituents is 1. The number of halogens is 3. The second-order valence-electron chi connectivity index (χ2n) is 5.31. The molecule has 120 valence electrons.